The summed E-state index contributed by atoms with van der Waals surface area (Å²) < 4.78 is 10.8. The lowest BCUT2D eigenvalue weighted by Crippen LogP contribution is -2.22. The van der Waals surface area contributed by atoms with Crippen molar-refractivity contribution in [2.45, 2.75) is 33.1 Å². The molecule has 0 unspecified atom stereocenters. The van der Waals surface area contributed by atoms with E-state index in [1.165, 1.54) is 12.1 Å². The number of fused-ring (bicyclic) bond motifs is 1. The average Bonchev–Trinajstić information content (AvgIpc) is 3.29. The summed E-state index contributed by atoms with van der Waals surface area (Å²) in [7, 11) is 0. The van der Waals surface area contributed by atoms with Gasteiger partial charge in [-0.3, -0.25) is 9.59 Å². The number of amides is 2. The minimum absolute atomic E-state index is 0.173. The molecule has 0 spiro atoms. The minimum atomic E-state index is -0.457. The highest BCUT2D eigenvalue weighted by Crippen LogP contribution is 2.30. The fourth-order valence-electron chi connectivity index (χ4n) is 3.45. The van der Waals surface area contributed by atoms with Gasteiger partial charge in [0.25, 0.3) is 11.8 Å². The number of nitrogens with one attached hydrogen (secondary N) is 2. The number of carbonyl (C=O) groups excluding carboxylic acids is 2. The maximum absolute atomic E-state index is 12.7. The number of anilines is 1. The van der Waals surface area contributed by atoms with E-state index in [4.69, 9.17) is 32.1 Å². The second-order valence-corrected chi connectivity index (χ2v) is 7.95. The highest BCUT2D eigenvalue weighted by Gasteiger charge is 2.28. The molecule has 0 saturated carbocycles. The molecule has 0 atom stereocenters. The second kappa shape index (κ2) is 8.56. The van der Waals surface area contributed by atoms with Crippen molar-refractivity contribution in [1.82, 2.24) is 10.6 Å². The molecule has 1 aliphatic carbocycles. The van der Waals surface area contributed by atoms with Gasteiger partial charge < -0.3 is 14.3 Å². The fourth-order valence-corrected chi connectivity index (χ4v) is 3.94. The van der Waals surface area contributed by atoms with Gasteiger partial charge in [-0.1, -0.05) is 28.4 Å². The Morgan fingerprint density at radius 1 is 1.13 bits per heavy atom. The Kier molecular flexibility index (Phi) is 5.84. The summed E-state index contributed by atoms with van der Waals surface area (Å²) in [5.41, 5.74) is 4.81. The van der Waals surface area contributed by atoms with Crippen LogP contribution in [0, 0.1) is 13.8 Å². The molecule has 0 radical (unpaired) electrons. The molecule has 10 heteroatoms. The van der Waals surface area contributed by atoms with Gasteiger partial charge in [0.1, 0.15) is 11.5 Å². The van der Waals surface area contributed by atoms with Gasteiger partial charge >= 0.3 is 0 Å². The molecule has 2 amide bonds. The van der Waals surface area contributed by atoms with Gasteiger partial charge in [0.2, 0.25) is 0 Å². The van der Waals surface area contributed by atoms with Crippen molar-refractivity contribution in [2.75, 3.05) is 5.32 Å². The lowest BCUT2D eigenvalue weighted by atomic mass is 9.93. The molecule has 0 saturated heterocycles. The zero-order chi connectivity index (χ0) is 22.1. The molecule has 8 nitrogen and oxygen atoms in total. The lowest BCUT2D eigenvalue weighted by Gasteiger charge is -2.13. The Hall–Kier alpha value is -3.10. The van der Waals surface area contributed by atoms with Gasteiger partial charge in [-0.05, 0) is 44.9 Å². The number of furan rings is 1. The summed E-state index contributed by atoms with van der Waals surface area (Å²) in [6, 6.07) is 6.21. The molecule has 2 aromatic heterocycles. The van der Waals surface area contributed by atoms with Gasteiger partial charge in [-0.2, -0.15) is 5.10 Å². The Labute approximate surface area is 187 Å². The fraction of sp³-hybridized carbons (Fsp3) is 0.238. The van der Waals surface area contributed by atoms with E-state index in [9.17, 15) is 9.59 Å². The largest absolute Gasteiger partial charge is 0.455 e. The van der Waals surface area contributed by atoms with E-state index in [0.717, 1.165) is 12.0 Å². The Morgan fingerprint density at radius 2 is 1.94 bits per heavy atom. The number of carbonyl (C=O) groups is 2. The maximum Gasteiger partial charge on any atom is 0.292 e. The van der Waals surface area contributed by atoms with Gasteiger partial charge in [-0.25, -0.2) is 5.43 Å². The zero-order valence-electron chi connectivity index (χ0n) is 16.7. The molecule has 2 heterocycles. The van der Waals surface area contributed by atoms with Crippen LogP contribution in [0.3, 0.4) is 0 Å². The summed E-state index contributed by atoms with van der Waals surface area (Å²) in [5.74, 6) is 0.822. The number of halogens is 2. The van der Waals surface area contributed by atoms with E-state index in [1.54, 1.807) is 26.0 Å². The average molecular weight is 461 g/mol. The lowest BCUT2D eigenvalue weighted by molar-refractivity contribution is 0.0953. The molecule has 0 bridgehead atoms. The van der Waals surface area contributed by atoms with E-state index >= 15 is 0 Å². The smallest absolute Gasteiger partial charge is 0.292 e. The predicted molar refractivity (Wildman–Crippen MR) is 116 cm³/mol. The molecule has 160 valence electrons. The summed E-state index contributed by atoms with van der Waals surface area (Å²) in [6.45, 7) is 3.51. The van der Waals surface area contributed by atoms with Gasteiger partial charge in [0, 0.05) is 28.6 Å². The van der Waals surface area contributed by atoms with Crippen LogP contribution in [0.2, 0.25) is 10.0 Å². The van der Waals surface area contributed by atoms with Crippen LogP contribution in [0.4, 0.5) is 5.82 Å². The van der Waals surface area contributed by atoms with Crippen molar-refractivity contribution < 1.29 is 18.5 Å². The van der Waals surface area contributed by atoms with Crippen LogP contribution in [-0.2, 0) is 6.42 Å². The van der Waals surface area contributed by atoms with E-state index in [1.807, 2.05) is 0 Å². The summed E-state index contributed by atoms with van der Waals surface area (Å²) in [4.78, 5) is 25.1. The molecule has 0 aliphatic heterocycles. The molecule has 3 aromatic rings. The molecular formula is C21H18Cl2N4O4. The third-order valence-electron chi connectivity index (χ3n) is 4.87. The number of aromatic nitrogens is 1. The summed E-state index contributed by atoms with van der Waals surface area (Å²) >= 11 is 12.0. The first-order valence-electron chi connectivity index (χ1n) is 9.52. The highest BCUT2D eigenvalue weighted by atomic mass is 35.5. The van der Waals surface area contributed by atoms with Crippen molar-refractivity contribution >= 4 is 46.5 Å². The standard InChI is InChI=1S/C21H18Cl2N4O4/c1-10-8-17(27-31-10)24-21(29)19-11(2)18-15(4-3-5-16(18)30-19)25-26-20(28)13-7-6-12(22)9-14(13)23/h6-9H,3-5H2,1-2H3,(H,26,28)(H,24,27,29)/b25-15+. The Bertz CT molecular complexity index is 1210. The van der Waals surface area contributed by atoms with Crippen LogP contribution >= 0.6 is 23.2 Å². The molecular weight excluding hydrogens is 443 g/mol. The topological polar surface area (TPSA) is 110 Å². The number of aryl methyl sites for hydroxylation is 2. The number of hydrogen-bond acceptors (Lipinski definition) is 6. The van der Waals surface area contributed by atoms with Crippen molar-refractivity contribution in [3.8, 4) is 0 Å². The minimum Gasteiger partial charge on any atom is -0.455 e. The van der Waals surface area contributed by atoms with E-state index in [2.05, 4.69) is 21.0 Å². The third kappa shape index (κ3) is 4.35. The molecule has 1 aromatic carbocycles. The van der Waals surface area contributed by atoms with Crippen LogP contribution in [0.25, 0.3) is 0 Å². The Balaban J connectivity index is 1.57. The van der Waals surface area contributed by atoms with E-state index in [-0.39, 0.29) is 16.3 Å². The molecule has 31 heavy (non-hydrogen) atoms. The highest BCUT2D eigenvalue weighted by molar-refractivity contribution is 6.36. The van der Waals surface area contributed by atoms with Crippen molar-refractivity contribution in [3.05, 3.63) is 68.3 Å². The quantitative estimate of drug-likeness (QED) is 0.537. The number of benzene rings is 1. The molecule has 2 N–H and O–H groups in total. The van der Waals surface area contributed by atoms with Crippen molar-refractivity contribution in [1.29, 1.82) is 0 Å². The SMILES string of the molecule is Cc1cc(NC(=O)c2oc3c(c2C)/C(=N/NC(=O)c2ccc(Cl)cc2Cl)CCC3)no1. The van der Waals surface area contributed by atoms with E-state index in [0.29, 0.717) is 46.5 Å². The van der Waals surface area contributed by atoms with Crippen LogP contribution in [0.15, 0.2) is 38.3 Å². The summed E-state index contributed by atoms with van der Waals surface area (Å²) in [5, 5.41) is 11.4. The second-order valence-electron chi connectivity index (χ2n) is 7.11. The van der Waals surface area contributed by atoms with Crippen molar-refractivity contribution in [2.24, 2.45) is 5.10 Å². The van der Waals surface area contributed by atoms with Gasteiger partial charge in [0.05, 0.1) is 16.3 Å². The third-order valence-corrected chi connectivity index (χ3v) is 5.42. The van der Waals surface area contributed by atoms with Crippen molar-refractivity contribution in [3.63, 3.8) is 0 Å². The number of hydrazone groups is 1. The summed E-state index contributed by atoms with van der Waals surface area (Å²) in [6.07, 6.45) is 2.08. The maximum atomic E-state index is 12.7. The normalized spacial score (nSPS) is 14.4. The first kappa shape index (κ1) is 21.1. The zero-order valence-corrected chi connectivity index (χ0v) is 18.2. The molecule has 4 rings (SSSR count). The van der Waals surface area contributed by atoms with Crippen LogP contribution in [0.1, 0.15) is 56.4 Å². The monoisotopic (exact) mass is 460 g/mol. The van der Waals surface area contributed by atoms with Crippen LogP contribution in [-0.4, -0.2) is 22.7 Å². The number of rotatable bonds is 4. The van der Waals surface area contributed by atoms with Crippen LogP contribution < -0.4 is 10.7 Å². The predicted octanol–water partition coefficient (Wildman–Crippen LogP) is 4.91. The van der Waals surface area contributed by atoms with Crippen LogP contribution in [0.5, 0.6) is 0 Å². The molecule has 0 fully saturated rings. The van der Waals surface area contributed by atoms with Gasteiger partial charge in [-0.15, -0.1) is 0 Å². The van der Waals surface area contributed by atoms with Gasteiger partial charge in [0.15, 0.2) is 11.6 Å². The van der Waals surface area contributed by atoms with E-state index < -0.39 is 11.8 Å². The first-order chi connectivity index (χ1) is 14.8. The first-order valence-corrected chi connectivity index (χ1v) is 10.3. The Morgan fingerprint density at radius 3 is 2.65 bits per heavy atom. The number of hydrogen-bond donors (Lipinski definition) is 2. The molecule has 1 aliphatic rings. The number of nitrogens with zero attached hydrogens (tertiary/aromatic N) is 2.